The molecule has 0 bridgehead atoms. The summed E-state index contributed by atoms with van der Waals surface area (Å²) < 4.78 is 32.5. The van der Waals surface area contributed by atoms with Crippen molar-refractivity contribution >= 4 is 0 Å². The van der Waals surface area contributed by atoms with Crippen molar-refractivity contribution in [3.63, 3.8) is 0 Å². The molecule has 3 nitrogen and oxygen atoms in total. The molecule has 0 aliphatic heterocycles. The second-order valence-electron chi connectivity index (χ2n) is 4.71. The van der Waals surface area contributed by atoms with Gasteiger partial charge in [-0.1, -0.05) is 17.7 Å². The molecule has 0 spiro atoms. The number of benzene rings is 1. The normalized spacial score (nSPS) is 31.1. The topological polar surface area (TPSA) is 49.7 Å². The molecule has 1 saturated carbocycles. The highest BCUT2D eigenvalue weighted by Crippen LogP contribution is 2.36. The lowest BCUT2D eigenvalue weighted by Crippen LogP contribution is -2.55. The van der Waals surface area contributed by atoms with E-state index in [1.807, 2.05) is 6.92 Å². The summed E-state index contributed by atoms with van der Waals surface area (Å²) in [4.78, 5) is 0. The summed E-state index contributed by atoms with van der Waals surface area (Å²) in [7, 11) is 0. The standard InChI is InChI=1S/C13H16F2O3/c1-8-2-4-9(5-3-8)18-12-11(17)10(16)6-7-13(12,14)15/h2-5,10-12,16-17H,6-7H2,1H3/t10-,11+,12+/m0/s1. The van der Waals surface area contributed by atoms with Gasteiger partial charge in [-0.2, -0.15) is 0 Å². The zero-order chi connectivity index (χ0) is 13.3. The molecule has 3 atom stereocenters. The third-order valence-corrected chi connectivity index (χ3v) is 3.18. The number of aliphatic hydroxyl groups is 2. The Hall–Kier alpha value is -1.20. The van der Waals surface area contributed by atoms with Crippen molar-refractivity contribution in [2.24, 2.45) is 0 Å². The lowest BCUT2D eigenvalue weighted by atomic mass is 9.88. The zero-order valence-electron chi connectivity index (χ0n) is 10.0. The largest absolute Gasteiger partial charge is 0.481 e. The average molecular weight is 258 g/mol. The summed E-state index contributed by atoms with van der Waals surface area (Å²) in [5.74, 6) is -2.87. The minimum atomic E-state index is -3.14. The van der Waals surface area contributed by atoms with Gasteiger partial charge in [-0.3, -0.25) is 0 Å². The van der Waals surface area contributed by atoms with E-state index in [0.29, 0.717) is 0 Å². The Balaban J connectivity index is 2.16. The van der Waals surface area contributed by atoms with Crippen LogP contribution >= 0.6 is 0 Å². The van der Waals surface area contributed by atoms with Crippen molar-refractivity contribution in [2.75, 3.05) is 0 Å². The number of alkyl halides is 2. The maximum Gasteiger partial charge on any atom is 0.286 e. The minimum Gasteiger partial charge on any atom is -0.481 e. The van der Waals surface area contributed by atoms with Gasteiger partial charge in [0.15, 0.2) is 6.10 Å². The van der Waals surface area contributed by atoms with Crippen molar-refractivity contribution in [2.45, 2.75) is 44.0 Å². The molecule has 0 radical (unpaired) electrons. The van der Waals surface area contributed by atoms with Crippen LogP contribution in [-0.4, -0.2) is 34.4 Å². The van der Waals surface area contributed by atoms with Crippen LogP contribution in [0.25, 0.3) is 0 Å². The lowest BCUT2D eigenvalue weighted by molar-refractivity contribution is -0.195. The van der Waals surface area contributed by atoms with E-state index in [1.54, 1.807) is 24.3 Å². The van der Waals surface area contributed by atoms with E-state index in [9.17, 15) is 19.0 Å². The highest BCUT2D eigenvalue weighted by molar-refractivity contribution is 5.27. The fraction of sp³-hybridized carbons (Fsp3) is 0.538. The van der Waals surface area contributed by atoms with Gasteiger partial charge >= 0.3 is 0 Å². The first-order valence-corrected chi connectivity index (χ1v) is 5.87. The van der Waals surface area contributed by atoms with Gasteiger partial charge in [0.2, 0.25) is 0 Å². The van der Waals surface area contributed by atoms with Gasteiger partial charge in [0.25, 0.3) is 5.92 Å². The van der Waals surface area contributed by atoms with Crippen molar-refractivity contribution in [3.05, 3.63) is 29.8 Å². The molecule has 2 rings (SSSR count). The molecule has 1 aliphatic carbocycles. The molecule has 1 aliphatic rings. The van der Waals surface area contributed by atoms with Crippen LogP contribution < -0.4 is 4.74 Å². The second kappa shape index (κ2) is 4.82. The Morgan fingerprint density at radius 3 is 2.44 bits per heavy atom. The quantitative estimate of drug-likeness (QED) is 0.851. The van der Waals surface area contributed by atoms with Crippen LogP contribution in [0.4, 0.5) is 8.78 Å². The van der Waals surface area contributed by atoms with E-state index in [1.165, 1.54) is 0 Å². The molecule has 1 fully saturated rings. The predicted octanol–water partition coefficient (Wildman–Crippen LogP) is 1.89. The van der Waals surface area contributed by atoms with Gasteiger partial charge in [0.1, 0.15) is 11.9 Å². The minimum absolute atomic E-state index is 0.123. The van der Waals surface area contributed by atoms with Gasteiger partial charge in [-0.25, -0.2) is 8.78 Å². The van der Waals surface area contributed by atoms with Crippen LogP contribution in [0.3, 0.4) is 0 Å². The van der Waals surface area contributed by atoms with E-state index in [0.717, 1.165) is 5.56 Å². The first kappa shape index (κ1) is 13.2. The van der Waals surface area contributed by atoms with Gasteiger partial charge in [-0.15, -0.1) is 0 Å². The summed E-state index contributed by atoms with van der Waals surface area (Å²) in [6.07, 6.45) is -5.05. The third-order valence-electron chi connectivity index (χ3n) is 3.18. The SMILES string of the molecule is Cc1ccc(O[C@@H]2[C@H](O)[C@@H](O)CCC2(F)F)cc1. The number of ether oxygens (including phenoxy) is 1. The summed E-state index contributed by atoms with van der Waals surface area (Å²) >= 11 is 0. The maximum atomic E-state index is 13.7. The predicted molar refractivity (Wildman–Crippen MR) is 61.8 cm³/mol. The molecule has 5 heteroatoms. The summed E-state index contributed by atoms with van der Waals surface area (Å²) in [5, 5.41) is 19.1. The first-order valence-electron chi connectivity index (χ1n) is 5.87. The monoisotopic (exact) mass is 258 g/mol. The average Bonchev–Trinajstić information content (AvgIpc) is 2.32. The molecule has 0 aromatic heterocycles. The first-order chi connectivity index (χ1) is 8.40. The second-order valence-corrected chi connectivity index (χ2v) is 4.71. The Kier molecular flexibility index (Phi) is 3.54. The molecule has 0 saturated heterocycles. The molecule has 18 heavy (non-hydrogen) atoms. The highest BCUT2D eigenvalue weighted by atomic mass is 19.3. The number of aliphatic hydroxyl groups excluding tert-OH is 2. The number of hydrogen-bond donors (Lipinski definition) is 2. The summed E-state index contributed by atoms with van der Waals surface area (Å²) in [6, 6.07) is 6.61. The number of halogens is 2. The van der Waals surface area contributed by atoms with Crippen LogP contribution in [0.5, 0.6) is 5.75 Å². The Labute approximate surface area is 104 Å². The zero-order valence-corrected chi connectivity index (χ0v) is 10.0. The fourth-order valence-electron chi connectivity index (χ4n) is 2.02. The molecular weight excluding hydrogens is 242 g/mol. The molecule has 1 aromatic carbocycles. The van der Waals surface area contributed by atoms with Gasteiger partial charge < -0.3 is 14.9 Å². The fourth-order valence-corrected chi connectivity index (χ4v) is 2.02. The lowest BCUT2D eigenvalue weighted by Gasteiger charge is -2.37. The third kappa shape index (κ3) is 2.62. The summed E-state index contributed by atoms with van der Waals surface area (Å²) in [5.41, 5.74) is 0.985. The van der Waals surface area contributed by atoms with Crippen LogP contribution in [0.2, 0.25) is 0 Å². The van der Waals surface area contributed by atoms with Crippen molar-refractivity contribution in [1.29, 1.82) is 0 Å². The van der Waals surface area contributed by atoms with E-state index >= 15 is 0 Å². The van der Waals surface area contributed by atoms with E-state index in [-0.39, 0.29) is 12.2 Å². The van der Waals surface area contributed by atoms with Crippen molar-refractivity contribution < 1.29 is 23.7 Å². The molecule has 0 amide bonds. The molecule has 1 aromatic rings. The van der Waals surface area contributed by atoms with Crippen LogP contribution in [0.15, 0.2) is 24.3 Å². The Morgan fingerprint density at radius 1 is 1.22 bits per heavy atom. The Bertz CT molecular complexity index is 405. The van der Waals surface area contributed by atoms with Gasteiger partial charge in [0.05, 0.1) is 6.10 Å². The highest BCUT2D eigenvalue weighted by Gasteiger charge is 2.52. The van der Waals surface area contributed by atoms with E-state index in [2.05, 4.69) is 0 Å². The number of hydrogen-bond acceptors (Lipinski definition) is 3. The molecule has 100 valence electrons. The van der Waals surface area contributed by atoms with Crippen LogP contribution in [0, 0.1) is 6.92 Å². The van der Waals surface area contributed by atoms with Crippen LogP contribution in [0.1, 0.15) is 18.4 Å². The van der Waals surface area contributed by atoms with Gasteiger partial charge in [0, 0.05) is 6.42 Å². The molecular formula is C13H16F2O3. The molecule has 0 unspecified atom stereocenters. The van der Waals surface area contributed by atoms with Crippen molar-refractivity contribution in [3.8, 4) is 5.75 Å². The molecule has 2 N–H and O–H groups in total. The van der Waals surface area contributed by atoms with Crippen LogP contribution in [-0.2, 0) is 0 Å². The van der Waals surface area contributed by atoms with Crippen molar-refractivity contribution in [1.82, 2.24) is 0 Å². The van der Waals surface area contributed by atoms with E-state index < -0.39 is 30.7 Å². The maximum absolute atomic E-state index is 13.7. The number of rotatable bonds is 2. The number of aryl methyl sites for hydroxylation is 1. The molecule has 0 heterocycles. The Morgan fingerprint density at radius 2 is 1.83 bits per heavy atom. The smallest absolute Gasteiger partial charge is 0.286 e. The summed E-state index contributed by atoms with van der Waals surface area (Å²) in [6.45, 7) is 1.87. The van der Waals surface area contributed by atoms with Gasteiger partial charge in [-0.05, 0) is 25.5 Å². The van der Waals surface area contributed by atoms with E-state index in [4.69, 9.17) is 4.74 Å².